The maximum Gasteiger partial charge on any atom is 0.347 e. The van der Waals surface area contributed by atoms with Gasteiger partial charge in [-0.05, 0) is 30.4 Å². The average molecular weight is 212 g/mol. The molecule has 0 aliphatic heterocycles. The van der Waals surface area contributed by atoms with E-state index in [-0.39, 0.29) is 0 Å². The zero-order chi connectivity index (χ0) is 9.97. The Morgan fingerprint density at radius 2 is 2.50 bits per heavy atom. The van der Waals surface area contributed by atoms with Gasteiger partial charge in [0.1, 0.15) is 4.88 Å². The van der Waals surface area contributed by atoms with Crippen molar-refractivity contribution in [2.45, 2.75) is 31.8 Å². The lowest BCUT2D eigenvalue weighted by molar-refractivity contribution is 0.0702. The van der Waals surface area contributed by atoms with Crippen LogP contribution in [0.1, 0.15) is 34.6 Å². The number of aromatic carboxylic acids is 1. The number of rotatable bonds is 4. The molecule has 2 N–H and O–H groups in total. The molecule has 2 rings (SSSR count). The van der Waals surface area contributed by atoms with Crippen molar-refractivity contribution in [2.24, 2.45) is 0 Å². The van der Waals surface area contributed by atoms with E-state index >= 15 is 0 Å². The highest BCUT2D eigenvalue weighted by Crippen LogP contribution is 2.18. The van der Waals surface area contributed by atoms with Gasteiger partial charge < -0.3 is 10.4 Å². The van der Waals surface area contributed by atoms with Gasteiger partial charge in [-0.2, -0.15) is 4.37 Å². The molecule has 1 fully saturated rings. The van der Waals surface area contributed by atoms with Crippen LogP contribution in [0.3, 0.4) is 0 Å². The van der Waals surface area contributed by atoms with Gasteiger partial charge in [0.05, 0.1) is 5.69 Å². The van der Waals surface area contributed by atoms with Crippen molar-refractivity contribution in [1.82, 2.24) is 9.69 Å². The van der Waals surface area contributed by atoms with Crippen LogP contribution in [0.5, 0.6) is 0 Å². The molecule has 0 amide bonds. The standard InChI is InChI=1S/C9H12N2O2S/c12-9(13)8-4-7(11-14-8)5-10-6-2-1-3-6/h4,6,10H,1-3,5H2,(H,12,13). The predicted octanol–water partition coefficient (Wildman–Crippen LogP) is 1.48. The summed E-state index contributed by atoms with van der Waals surface area (Å²) in [6, 6.07) is 2.25. The number of hydrogen-bond donors (Lipinski definition) is 2. The van der Waals surface area contributed by atoms with Crippen molar-refractivity contribution in [1.29, 1.82) is 0 Å². The van der Waals surface area contributed by atoms with E-state index in [0.29, 0.717) is 17.5 Å². The Morgan fingerprint density at radius 1 is 1.71 bits per heavy atom. The molecule has 0 saturated heterocycles. The van der Waals surface area contributed by atoms with E-state index in [2.05, 4.69) is 9.69 Å². The molecule has 0 bridgehead atoms. The van der Waals surface area contributed by atoms with Crippen molar-refractivity contribution < 1.29 is 9.90 Å². The van der Waals surface area contributed by atoms with Gasteiger partial charge in [0.25, 0.3) is 0 Å². The number of carboxylic acid groups (broad SMARTS) is 1. The number of hydrogen-bond acceptors (Lipinski definition) is 4. The van der Waals surface area contributed by atoms with E-state index in [1.54, 1.807) is 6.07 Å². The molecule has 5 heteroatoms. The summed E-state index contributed by atoms with van der Waals surface area (Å²) in [5.74, 6) is -0.891. The number of carbonyl (C=O) groups is 1. The summed E-state index contributed by atoms with van der Waals surface area (Å²) in [4.78, 5) is 10.9. The highest BCUT2D eigenvalue weighted by atomic mass is 32.1. The van der Waals surface area contributed by atoms with Crippen molar-refractivity contribution in [3.05, 3.63) is 16.6 Å². The normalized spacial score (nSPS) is 16.6. The van der Waals surface area contributed by atoms with Gasteiger partial charge in [0.2, 0.25) is 0 Å². The Balaban J connectivity index is 1.86. The third-order valence-electron chi connectivity index (χ3n) is 2.45. The molecule has 0 atom stereocenters. The lowest BCUT2D eigenvalue weighted by atomic mass is 9.93. The van der Waals surface area contributed by atoms with Crippen molar-refractivity contribution in [2.75, 3.05) is 0 Å². The molecule has 0 unspecified atom stereocenters. The zero-order valence-corrected chi connectivity index (χ0v) is 8.51. The first kappa shape index (κ1) is 9.61. The minimum Gasteiger partial charge on any atom is -0.477 e. The number of nitrogens with one attached hydrogen (secondary N) is 1. The van der Waals surface area contributed by atoms with E-state index in [1.807, 2.05) is 0 Å². The van der Waals surface area contributed by atoms with Gasteiger partial charge in [-0.15, -0.1) is 0 Å². The molecule has 4 nitrogen and oxygen atoms in total. The summed E-state index contributed by atoms with van der Waals surface area (Å²) in [6.07, 6.45) is 3.76. The van der Waals surface area contributed by atoms with Crippen LogP contribution in [0.2, 0.25) is 0 Å². The fourth-order valence-electron chi connectivity index (χ4n) is 1.36. The monoisotopic (exact) mass is 212 g/mol. The molecule has 0 spiro atoms. The van der Waals surface area contributed by atoms with Gasteiger partial charge in [-0.25, -0.2) is 4.79 Å². The van der Waals surface area contributed by atoms with Crippen LogP contribution in [-0.4, -0.2) is 21.5 Å². The van der Waals surface area contributed by atoms with Gasteiger partial charge >= 0.3 is 5.97 Å². The maximum atomic E-state index is 10.6. The summed E-state index contributed by atoms with van der Waals surface area (Å²) in [6.45, 7) is 0.689. The molecule has 1 aliphatic rings. The van der Waals surface area contributed by atoms with E-state index in [0.717, 1.165) is 17.2 Å². The predicted molar refractivity (Wildman–Crippen MR) is 53.6 cm³/mol. The average Bonchev–Trinajstić information content (AvgIpc) is 2.50. The highest BCUT2D eigenvalue weighted by molar-refractivity contribution is 7.08. The molecule has 76 valence electrons. The molecular formula is C9H12N2O2S. The minimum absolute atomic E-state index is 0.315. The molecule has 1 heterocycles. The number of carboxylic acids is 1. The first-order valence-electron chi connectivity index (χ1n) is 4.68. The van der Waals surface area contributed by atoms with E-state index < -0.39 is 5.97 Å². The van der Waals surface area contributed by atoms with E-state index in [4.69, 9.17) is 5.11 Å². The summed E-state index contributed by atoms with van der Waals surface area (Å²) in [5, 5.41) is 12.0. The van der Waals surface area contributed by atoms with Gasteiger partial charge in [-0.1, -0.05) is 6.42 Å². The van der Waals surface area contributed by atoms with E-state index in [1.165, 1.54) is 19.3 Å². The second-order valence-corrected chi connectivity index (χ2v) is 4.30. The summed E-state index contributed by atoms with van der Waals surface area (Å²) in [5.41, 5.74) is 0.833. The SMILES string of the molecule is O=C(O)c1cc(CNC2CCC2)ns1. The fraction of sp³-hybridized carbons (Fsp3) is 0.556. The van der Waals surface area contributed by atoms with Gasteiger partial charge in [0, 0.05) is 12.6 Å². The molecule has 1 aliphatic carbocycles. The van der Waals surface area contributed by atoms with Crippen LogP contribution < -0.4 is 5.32 Å². The minimum atomic E-state index is -0.891. The molecule has 1 aromatic heterocycles. The van der Waals surface area contributed by atoms with Crippen molar-refractivity contribution >= 4 is 17.5 Å². The third-order valence-corrected chi connectivity index (χ3v) is 3.26. The largest absolute Gasteiger partial charge is 0.477 e. The number of aromatic nitrogens is 1. The zero-order valence-electron chi connectivity index (χ0n) is 7.69. The lowest BCUT2D eigenvalue weighted by Gasteiger charge is -2.26. The highest BCUT2D eigenvalue weighted by Gasteiger charge is 2.17. The topological polar surface area (TPSA) is 62.2 Å². The van der Waals surface area contributed by atoms with Crippen LogP contribution >= 0.6 is 11.5 Å². The van der Waals surface area contributed by atoms with Crippen LogP contribution in [0, 0.1) is 0 Å². The molecular weight excluding hydrogens is 200 g/mol. The summed E-state index contributed by atoms with van der Waals surface area (Å²) < 4.78 is 4.07. The van der Waals surface area contributed by atoms with Crippen molar-refractivity contribution in [3.63, 3.8) is 0 Å². The van der Waals surface area contributed by atoms with Gasteiger partial charge in [-0.3, -0.25) is 0 Å². The Bertz CT molecular complexity index is 333. The first-order chi connectivity index (χ1) is 6.75. The van der Waals surface area contributed by atoms with Crippen LogP contribution in [0.4, 0.5) is 0 Å². The van der Waals surface area contributed by atoms with Gasteiger partial charge in [0.15, 0.2) is 0 Å². The molecule has 1 aromatic rings. The molecule has 0 aromatic carbocycles. The second kappa shape index (κ2) is 4.06. The Labute approximate surface area is 86.1 Å². The Hall–Kier alpha value is -0.940. The molecule has 0 radical (unpaired) electrons. The first-order valence-corrected chi connectivity index (χ1v) is 5.45. The number of nitrogens with zero attached hydrogens (tertiary/aromatic N) is 1. The van der Waals surface area contributed by atoms with E-state index in [9.17, 15) is 4.79 Å². The Morgan fingerprint density at radius 3 is 3.00 bits per heavy atom. The summed E-state index contributed by atoms with van der Waals surface area (Å²) in [7, 11) is 0. The Kier molecular flexibility index (Phi) is 2.79. The quantitative estimate of drug-likeness (QED) is 0.793. The fourth-order valence-corrected chi connectivity index (χ4v) is 1.96. The maximum absolute atomic E-state index is 10.6. The second-order valence-electron chi connectivity index (χ2n) is 3.50. The van der Waals surface area contributed by atoms with Crippen LogP contribution in [0.15, 0.2) is 6.07 Å². The third kappa shape index (κ3) is 2.10. The van der Waals surface area contributed by atoms with Crippen molar-refractivity contribution in [3.8, 4) is 0 Å². The summed E-state index contributed by atoms with van der Waals surface area (Å²) >= 11 is 1.05. The smallest absolute Gasteiger partial charge is 0.347 e. The van der Waals surface area contributed by atoms with Crippen LogP contribution in [0.25, 0.3) is 0 Å². The van der Waals surface area contributed by atoms with Crippen LogP contribution in [-0.2, 0) is 6.54 Å². The lowest BCUT2D eigenvalue weighted by Crippen LogP contribution is -2.34. The molecule has 1 saturated carbocycles. The molecule has 14 heavy (non-hydrogen) atoms.